The average Bonchev–Trinajstić information content (AvgIpc) is 3.34. The Labute approximate surface area is 170 Å². The minimum Gasteiger partial charge on any atom is -0.353 e. The molecular weight excluding hydrogens is 374 g/mol. The van der Waals surface area contributed by atoms with Crippen LogP contribution >= 0.6 is 11.3 Å². The molecule has 1 saturated carbocycles. The lowest BCUT2D eigenvalue weighted by atomic mass is 9.78. The molecule has 3 heterocycles. The summed E-state index contributed by atoms with van der Waals surface area (Å²) < 4.78 is 0. The summed E-state index contributed by atoms with van der Waals surface area (Å²) in [7, 11) is 0. The number of rotatable bonds is 4. The Morgan fingerprint density at radius 2 is 1.89 bits per heavy atom. The Hall–Kier alpha value is -1.70. The lowest BCUT2D eigenvalue weighted by Crippen LogP contribution is -2.49. The van der Waals surface area contributed by atoms with Crippen LogP contribution in [0.3, 0.4) is 0 Å². The van der Waals surface area contributed by atoms with E-state index in [2.05, 4.69) is 34.3 Å². The Bertz CT molecular complexity index is 723. The summed E-state index contributed by atoms with van der Waals surface area (Å²) in [5, 5.41) is 13.4. The van der Waals surface area contributed by atoms with Crippen LogP contribution in [-0.4, -0.2) is 47.7 Å². The minimum absolute atomic E-state index is 0.000971. The van der Waals surface area contributed by atoms with E-state index in [1.807, 2.05) is 0 Å². The summed E-state index contributed by atoms with van der Waals surface area (Å²) in [5.41, 5.74) is 0. The Morgan fingerprint density at radius 1 is 1.07 bits per heavy atom. The van der Waals surface area contributed by atoms with Gasteiger partial charge in [-0.05, 0) is 37.5 Å². The zero-order valence-electron chi connectivity index (χ0n) is 16.9. The molecule has 0 spiro atoms. The molecular formula is C20H31N5O2S. The van der Waals surface area contributed by atoms with Crippen molar-refractivity contribution in [1.29, 1.82) is 0 Å². The molecule has 0 radical (unpaired) electrons. The van der Waals surface area contributed by atoms with Crippen LogP contribution in [0.1, 0.15) is 58.8 Å². The second-order valence-corrected chi connectivity index (χ2v) is 9.62. The molecule has 7 nitrogen and oxygen atoms in total. The largest absolute Gasteiger partial charge is 0.353 e. The second-order valence-electron chi connectivity index (χ2n) is 8.68. The van der Waals surface area contributed by atoms with Crippen LogP contribution in [0.5, 0.6) is 0 Å². The van der Waals surface area contributed by atoms with Gasteiger partial charge in [-0.1, -0.05) is 38.0 Å². The normalized spacial score (nSPS) is 31.3. The molecule has 3 aliphatic rings. The molecule has 8 heteroatoms. The molecule has 2 amide bonds. The van der Waals surface area contributed by atoms with Gasteiger partial charge in [-0.3, -0.25) is 14.5 Å². The van der Waals surface area contributed by atoms with E-state index in [0.717, 1.165) is 43.9 Å². The third-order valence-electron chi connectivity index (χ3n) is 6.81. The van der Waals surface area contributed by atoms with Crippen LogP contribution in [-0.2, 0) is 9.59 Å². The monoisotopic (exact) mass is 405 g/mol. The number of nitrogens with zero attached hydrogens (tertiary/aromatic N) is 4. The molecule has 4 rings (SSSR count). The molecule has 154 valence electrons. The van der Waals surface area contributed by atoms with Gasteiger partial charge in [0, 0.05) is 32.1 Å². The van der Waals surface area contributed by atoms with E-state index in [9.17, 15) is 9.59 Å². The molecule has 4 unspecified atom stereocenters. The first-order chi connectivity index (χ1) is 13.5. The standard InChI is InChI=1S/C20H31N5O2S/c1-13-6-3-8-16(14(13)2)21-18(27)15-7-4-10-24(12-15)19-22-23-20(28-19)25-11-5-9-17(25)26/h13-16H,3-12H2,1-2H3,(H,21,27). The number of amides is 2. The van der Waals surface area contributed by atoms with Crippen LogP contribution in [0, 0.1) is 17.8 Å². The number of hydrogen-bond donors (Lipinski definition) is 1. The predicted octanol–water partition coefficient (Wildman–Crippen LogP) is 2.82. The molecule has 1 aromatic rings. The van der Waals surface area contributed by atoms with Gasteiger partial charge in [0.2, 0.25) is 22.1 Å². The van der Waals surface area contributed by atoms with Gasteiger partial charge in [-0.25, -0.2) is 0 Å². The first-order valence-corrected chi connectivity index (χ1v) is 11.5. The summed E-state index contributed by atoms with van der Waals surface area (Å²) in [6.45, 7) is 6.87. The fourth-order valence-electron chi connectivity index (χ4n) is 4.75. The molecule has 28 heavy (non-hydrogen) atoms. The molecule has 2 saturated heterocycles. The number of carbonyl (C=O) groups excluding carboxylic acids is 2. The van der Waals surface area contributed by atoms with E-state index >= 15 is 0 Å². The summed E-state index contributed by atoms with van der Waals surface area (Å²) in [6.07, 6.45) is 6.95. The van der Waals surface area contributed by atoms with Crippen molar-refractivity contribution in [1.82, 2.24) is 15.5 Å². The molecule has 0 aromatic carbocycles. The van der Waals surface area contributed by atoms with Crippen LogP contribution in [0.4, 0.5) is 10.3 Å². The summed E-state index contributed by atoms with van der Waals surface area (Å²) in [4.78, 5) is 28.8. The fourth-order valence-corrected chi connectivity index (χ4v) is 5.67. The summed E-state index contributed by atoms with van der Waals surface area (Å²) in [5.74, 6) is 1.54. The van der Waals surface area contributed by atoms with Gasteiger partial charge in [0.1, 0.15) is 0 Å². The number of anilines is 2. The summed E-state index contributed by atoms with van der Waals surface area (Å²) in [6, 6.07) is 0.306. The van der Waals surface area contributed by atoms with Gasteiger partial charge in [-0.2, -0.15) is 0 Å². The highest BCUT2D eigenvalue weighted by Crippen LogP contribution is 2.33. The average molecular weight is 406 g/mol. The third-order valence-corrected chi connectivity index (χ3v) is 7.81. The Balaban J connectivity index is 1.37. The molecule has 1 N–H and O–H groups in total. The quantitative estimate of drug-likeness (QED) is 0.833. The van der Waals surface area contributed by atoms with Crippen molar-refractivity contribution in [2.45, 2.75) is 64.8 Å². The van der Waals surface area contributed by atoms with E-state index < -0.39 is 0 Å². The lowest BCUT2D eigenvalue weighted by molar-refractivity contribution is -0.126. The number of piperidine rings is 1. The van der Waals surface area contributed by atoms with Crippen molar-refractivity contribution < 1.29 is 9.59 Å². The maximum Gasteiger partial charge on any atom is 0.228 e. The SMILES string of the molecule is CC1CCCC(NC(=O)C2CCCN(c3nnc(N4CCCC4=O)s3)C2)C1C. The van der Waals surface area contributed by atoms with Gasteiger partial charge >= 0.3 is 0 Å². The molecule has 1 aliphatic carbocycles. The first-order valence-electron chi connectivity index (χ1n) is 10.7. The smallest absolute Gasteiger partial charge is 0.228 e. The van der Waals surface area contributed by atoms with E-state index in [0.29, 0.717) is 36.0 Å². The first kappa shape index (κ1) is 19.6. The van der Waals surface area contributed by atoms with Crippen molar-refractivity contribution in [3.63, 3.8) is 0 Å². The van der Waals surface area contributed by atoms with Gasteiger partial charge in [-0.15, -0.1) is 10.2 Å². The number of hydrogen-bond acceptors (Lipinski definition) is 6. The van der Waals surface area contributed by atoms with Crippen LogP contribution in [0.25, 0.3) is 0 Å². The molecule has 4 atom stereocenters. The minimum atomic E-state index is -0.000971. The number of carbonyl (C=O) groups is 2. The van der Waals surface area contributed by atoms with Crippen molar-refractivity contribution >= 4 is 33.4 Å². The number of nitrogens with one attached hydrogen (secondary N) is 1. The Kier molecular flexibility index (Phi) is 5.85. The topological polar surface area (TPSA) is 78.4 Å². The maximum atomic E-state index is 12.9. The summed E-state index contributed by atoms with van der Waals surface area (Å²) >= 11 is 1.47. The van der Waals surface area contributed by atoms with Crippen LogP contribution in [0.15, 0.2) is 0 Å². The van der Waals surface area contributed by atoms with E-state index in [4.69, 9.17) is 0 Å². The zero-order valence-corrected chi connectivity index (χ0v) is 17.7. The van der Waals surface area contributed by atoms with Crippen molar-refractivity contribution in [2.75, 3.05) is 29.4 Å². The Morgan fingerprint density at radius 3 is 2.68 bits per heavy atom. The zero-order chi connectivity index (χ0) is 19.7. The van der Waals surface area contributed by atoms with E-state index in [1.165, 1.54) is 24.2 Å². The third kappa shape index (κ3) is 4.02. The highest BCUT2D eigenvalue weighted by Gasteiger charge is 2.33. The lowest BCUT2D eigenvalue weighted by Gasteiger charge is -2.37. The molecule has 2 aliphatic heterocycles. The maximum absolute atomic E-state index is 12.9. The highest BCUT2D eigenvalue weighted by molar-refractivity contribution is 7.19. The van der Waals surface area contributed by atoms with Crippen LogP contribution < -0.4 is 15.1 Å². The second kappa shape index (κ2) is 8.35. The number of aromatic nitrogens is 2. The highest BCUT2D eigenvalue weighted by atomic mass is 32.1. The van der Waals surface area contributed by atoms with E-state index in [-0.39, 0.29) is 17.7 Å². The molecule has 0 bridgehead atoms. The van der Waals surface area contributed by atoms with Crippen molar-refractivity contribution in [3.05, 3.63) is 0 Å². The van der Waals surface area contributed by atoms with Gasteiger partial charge < -0.3 is 10.2 Å². The van der Waals surface area contributed by atoms with Crippen molar-refractivity contribution in [2.24, 2.45) is 17.8 Å². The molecule has 1 aromatic heterocycles. The van der Waals surface area contributed by atoms with Gasteiger partial charge in [0.15, 0.2) is 0 Å². The van der Waals surface area contributed by atoms with Gasteiger partial charge in [0.25, 0.3) is 0 Å². The van der Waals surface area contributed by atoms with Crippen molar-refractivity contribution in [3.8, 4) is 0 Å². The van der Waals surface area contributed by atoms with E-state index in [1.54, 1.807) is 4.90 Å². The van der Waals surface area contributed by atoms with Gasteiger partial charge in [0.05, 0.1) is 5.92 Å². The predicted molar refractivity (Wildman–Crippen MR) is 111 cm³/mol. The van der Waals surface area contributed by atoms with Crippen LogP contribution in [0.2, 0.25) is 0 Å². The molecule has 3 fully saturated rings. The fraction of sp³-hybridized carbons (Fsp3) is 0.800.